The molecule has 1 amide bonds. The third kappa shape index (κ3) is 3.68. The van der Waals surface area contributed by atoms with Crippen molar-refractivity contribution >= 4 is 37.0 Å². The highest BCUT2D eigenvalue weighted by atomic mass is 35.7. The van der Waals surface area contributed by atoms with Crippen LogP contribution in [0.2, 0.25) is 0 Å². The zero-order valence-electron chi connectivity index (χ0n) is 10.3. The molecular formula is C11H14ClNO4S2. The minimum absolute atomic E-state index is 0.0455. The average molecular weight is 324 g/mol. The summed E-state index contributed by atoms with van der Waals surface area (Å²) in [7, 11) is 3.28. The van der Waals surface area contributed by atoms with Crippen LogP contribution in [0, 0.1) is 0 Å². The highest BCUT2D eigenvalue weighted by Crippen LogP contribution is 2.25. The van der Waals surface area contributed by atoms with Crippen LogP contribution < -0.4 is 0 Å². The lowest BCUT2D eigenvalue weighted by atomic mass is 10.2. The molecule has 0 spiro atoms. The van der Waals surface area contributed by atoms with Crippen LogP contribution in [0.3, 0.4) is 0 Å². The van der Waals surface area contributed by atoms with Crippen molar-refractivity contribution in [3.63, 3.8) is 0 Å². The Morgan fingerprint density at radius 3 is 2.84 bits per heavy atom. The Hall–Kier alpha value is -0.630. The predicted molar refractivity (Wildman–Crippen MR) is 73.1 cm³/mol. The van der Waals surface area contributed by atoms with Crippen molar-refractivity contribution < 1.29 is 17.9 Å². The van der Waals surface area contributed by atoms with Crippen LogP contribution in [0.1, 0.15) is 11.3 Å². The molecule has 1 unspecified atom stereocenters. The van der Waals surface area contributed by atoms with E-state index in [4.69, 9.17) is 15.4 Å². The molecule has 8 heteroatoms. The van der Waals surface area contributed by atoms with Crippen LogP contribution in [0.4, 0.5) is 0 Å². The molecule has 0 aromatic carbocycles. The molecule has 1 aliphatic heterocycles. The molecule has 0 saturated carbocycles. The smallest absolute Gasteiger partial charge is 0.270 e. The number of hydrogen-bond donors (Lipinski definition) is 0. The molecule has 0 aliphatic carbocycles. The van der Waals surface area contributed by atoms with E-state index in [1.54, 1.807) is 18.0 Å². The van der Waals surface area contributed by atoms with Gasteiger partial charge in [-0.3, -0.25) is 4.79 Å². The molecule has 0 N–H and O–H groups in total. The Morgan fingerprint density at radius 1 is 1.58 bits per heavy atom. The summed E-state index contributed by atoms with van der Waals surface area (Å²) in [6.07, 6.45) is 1.03. The van der Waals surface area contributed by atoms with Crippen molar-refractivity contribution in [2.75, 3.05) is 20.3 Å². The summed E-state index contributed by atoms with van der Waals surface area (Å²) < 4.78 is 27.6. The van der Waals surface area contributed by atoms with E-state index < -0.39 is 9.05 Å². The first-order valence-corrected chi connectivity index (χ1v) is 8.87. The summed E-state index contributed by atoms with van der Waals surface area (Å²) in [6, 6.07) is 3.16. The van der Waals surface area contributed by atoms with Gasteiger partial charge in [0.25, 0.3) is 9.05 Å². The van der Waals surface area contributed by atoms with Gasteiger partial charge in [0.2, 0.25) is 5.91 Å². The van der Waals surface area contributed by atoms with Gasteiger partial charge in [-0.15, -0.1) is 11.3 Å². The van der Waals surface area contributed by atoms with E-state index in [1.807, 2.05) is 0 Å². The monoisotopic (exact) mass is 323 g/mol. The molecule has 0 bridgehead atoms. The minimum atomic E-state index is -3.71. The van der Waals surface area contributed by atoms with Crippen LogP contribution in [0.15, 0.2) is 16.3 Å². The number of ether oxygens (including phenoxy) is 1. The van der Waals surface area contributed by atoms with Gasteiger partial charge < -0.3 is 9.64 Å². The van der Waals surface area contributed by atoms with E-state index in [2.05, 4.69) is 0 Å². The Kier molecular flexibility index (Phi) is 4.50. The lowest BCUT2D eigenvalue weighted by Crippen LogP contribution is -2.38. The standard InChI is InChI=1S/C11H14ClNO4S2/c1-13(8-4-5-17-7-8)10(14)6-9-2-3-11(18-9)19(12,15)16/h2-3,8H,4-7H2,1H3. The van der Waals surface area contributed by atoms with Gasteiger partial charge in [0, 0.05) is 29.2 Å². The SMILES string of the molecule is CN(C(=O)Cc1ccc(S(=O)(=O)Cl)s1)C1CCOC1. The maximum Gasteiger partial charge on any atom is 0.270 e. The van der Waals surface area contributed by atoms with E-state index in [9.17, 15) is 13.2 Å². The van der Waals surface area contributed by atoms with Gasteiger partial charge in [0.05, 0.1) is 19.1 Å². The van der Waals surface area contributed by atoms with Crippen LogP contribution in [0.25, 0.3) is 0 Å². The summed E-state index contributed by atoms with van der Waals surface area (Å²) >= 11 is 1.03. The number of halogens is 1. The Bertz CT molecular complexity index is 563. The molecule has 1 saturated heterocycles. The Labute approximate surface area is 120 Å². The average Bonchev–Trinajstić information content (AvgIpc) is 2.97. The molecule has 1 aliphatic rings. The van der Waals surface area contributed by atoms with Gasteiger partial charge >= 0.3 is 0 Å². The largest absolute Gasteiger partial charge is 0.379 e. The van der Waals surface area contributed by atoms with E-state index in [0.717, 1.165) is 17.8 Å². The summed E-state index contributed by atoms with van der Waals surface area (Å²) in [5.74, 6) is -0.0455. The van der Waals surface area contributed by atoms with Gasteiger partial charge in [-0.2, -0.15) is 0 Å². The van der Waals surface area contributed by atoms with Gasteiger partial charge in [-0.05, 0) is 18.6 Å². The maximum atomic E-state index is 12.1. The van der Waals surface area contributed by atoms with Crippen molar-refractivity contribution in [1.29, 1.82) is 0 Å². The molecule has 19 heavy (non-hydrogen) atoms. The number of nitrogens with zero attached hydrogens (tertiary/aromatic N) is 1. The summed E-state index contributed by atoms with van der Waals surface area (Å²) in [6.45, 7) is 1.24. The predicted octanol–water partition coefficient (Wildman–Crippen LogP) is 1.47. The molecule has 0 radical (unpaired) electrons. The van der Waals surface area contributed by atoms with Crippen molar-refractivity contribution in [2.45, 2.75) is 23.1 Å². The zero-order chi connectivity index (χ0) is 14.0. The first-order chi connectivity index (χ1) is 8.88. The third-order valence-corrected chi connectivity index (χ3v) is 6.23. The maximum absolute atomic E-state index is 12.1. The quantitative estimate of drug-likeness (QED) is 0.787. The number of carbonyl (C=O) groups is 1. The lowest BCUT2D eigenvalue weighted by Gasteiger charge is -2.22. The van der Waals surface area contributed by atoms with Crippen molar-refractivity contribution in [1.82, 2.24) is 4.90 Å². The van der Waals surface area contributed by atoms with Gasteiger partial charge in [0.15, 0.2) is 0 Å². The third-order valence-electron chi connectivity index (χ3n) is 3.05. The number of hydrogen-bond acceptors (Lipinski definition) is 5. The number of likely N-dealkylation sites (N-methyl/N-ethyl adjacent to an activating group) is 1. The fourth-order valence-corrected chi connectivity index (χ4v) is 4.00. The molecule has 1 fully saturated rings. The van der Waals surface area contributed by atoms with Gasteiger partial charge in [-0.25, -0.2) is 8.42 Å². The van der Waals surface area contributed by atoms with Crippen LogP contribution >= 0.6 is 22.0 Å². The second-order valence-corrected chi connectivity index (χ2v) is 8.32. The number of thiophene rings is 1. The summed E-state index contributed by atoms with van der Waals surface area (Å²) in [5.41, 5.74) is 0. The molecule has 106 valence electrons. The fourth-order valence-electron chi connectivity index (χ4n) is 1.89. The van der Waals surface area contributed by atoms with Crippen LogP contribution in [0.5, 0.6) is 0 Å². The van der Waals surface area contributed by atoms with Crippen molar-refractivity contribution in [3.05, 3.63) is 17.0 Å². The van der Waals surface area contributed by atoms with E-state index in [-0.39, 0.29) is 22.6 Å². The molecule has 2 heterocycles. The van der Waals surface area contributed by atoms with Crippen LogP contribution in [-0.4, -0.2) is 45.5 Å². The number of rotatable bonds is 4. The summed E-state index contributed by atoms with van der Waals surface area (Å²) in [4.78, 5) is 14.4. The molecule has 2 rings (SSSR count). The first-order valence-electron chi connectivity index (χ1n) is 5.74. The Balaban J connectivity index is 2.00. The highest BCUT2D eigenvalue weighted by molar-refractivity contribution is 8.15. The molecular weight excluding hydrogens is 310 g/mol. The molecule has 1 atom stereocenters. The minimum Gasteiger partial charge on any atom is -0.379 e. The normalized spacial score (nSPS) is 19.6. The van der Waals surface area contributed by atoms with Crippen LogP contribution in [-0.2, 0) is 25.0 Å². The first kappa shape index (κ1) is 14.8. The second-order valence-electron chi connectivity index (χ2n) is 4.36. The van der Waals surface area contributed by atoms with Gasteiger partial charge in [-0.1, -0.05) is 0 Å². The van der Waals surface area contributed by atoms with E-state index in [1.165, 1.54) is 6.07 Å². The van der Waals surface area contributed by atoms with Crippen molar-refractivity contribution in [2.24, 2.45) is 0 Å². The second kappa shape index (κ2) is 5.78. The fraction of sp³-hybridized carbons (Fsp3) is 0.545. The lowest BCUT2D eigenvalue weighted by molar-refractivity contribution is -0.131. The van der Waals surface area contributed by atoms with E-state index in [0.29, 0.717) is 18.1 Å². The van der Waals surface area contributed by atoms with E-state index >= 15 is 0 Å². The summed E-state index contributed by atoms with van der Waals surface area (Å²) in [5, 5.41) is 0. The van der Waals surface area contributed by atoms with Crippen molar-refractivity contribution in [3.8, 4) is 0 Å². The molecule has 1 aromatic rings. The Morgan fingerprint density at radius 2 is 2.32 bits per heavy atom. The highest BCUT2D eigenvalue weighted by Gasteiger charge is 2.24. The number of amides is 1. The molecule has 5 nitrogen and oxygen atoms in total. The van der Waals surface area contributed by atoms with Gasteiger partial charge in [0.1, 0.15) is 4.21 Å². The molecule has 1 aromatic heterocycles. The number of carbonyl (C=O) groups excluding carboxylic acids is 1. The zero-order valence-corrected chi connectivity index (χ0v) is 12.7. The topological polar surface area (TPSA) is 63.7 Å².